The molecule has 0 aliphatic carbocycles. The molecule has 0 bridgehead atoms. The maximum Gasteiger partial charge on any atom is 0.223 e. The minimum absolute atomic E-state index is 0.249. The van der Waals surface area contributed by atoms with Crippen LogP contribution in [0.25, 0.3) is 0 Å². The fraction of sp³-hybridized carbons (Fsp3) is 0.600. The largest absolute Gasteiger partial charge is 0.356 e. The van der Waals surface area contributed by atoms with Crippen LogP contribution >= 0.6 is 11.8 Å². The smallest absolute Gasteiger partial charge is 0.223 e. The molecule has 26 heavy (non-hydrogen) atoms. The third kappa shape index (κ3) is 4.72. The molecule has 0 radical (unpaired) electrons. The van der Waals surface area contributed by atoms with E-state index in [1.54, 1.807) is 0 Å². The molecule has 3 rings (SSSR count). The van der Waals surface area contributed by atoms with E-state index in [0.717, 1.165) is 50.9 Å². The Morgan fingerprint density at radius 3 is 2.65 bits per heavy atom. The molecule has 2 aliphatic rings. The first-order chi connectivity index (χ1) is 12.7. The zero-order chi connectivity index (χ0) is 18.4. The number of nitrogens with one attached hydrogen (secondary N) is 1. The third-order valence-corrected chi connectivity index (χ3v) is 6.52. The first-order valence-electron chi connectivity index (χ1n) is 9.63. The van der Waals surface area contributed by atoms with Gasteiger partial charge in [0.05, 0.1) is 0 Å². The average molecular weight is 375 g/mol. The predicted octanol–water partition coefficient (Wildman–Crippen LogP) is 2.71. The molecule has 142 valence electrons. The molecule has 5 nitrogen and oxygen atoms in total. The fourth-order valence-electron chi connectivity index (χ4n) is 3.60. The summed E-state index contributed by atoms with van der Waals surface area (Å²) in [6.07, 6.45) is 2.63. The number of rotatable bonds is 5. The summed E-state index contributed by atoms with van der Waals surface area (Å²) in [6, 6.07) is 8.33. The topological polar surface area (TPSA) is 47.9 Å². The third-order valence-electron chi connectivity index (χ3n) is 5.15. The van der Waals surface area contributed by atoms with Crippen molar-refractivity contribution < 1.29 is 4.79 Å². The predicted molar refractivity (Wildman–Crippen MR) is 109 cm³/mol. The Labute approximate surface area is 161 Å². The monoisotopic (exact) mass is 374 g/mol. The molecule has 1 atom stereocenters. The van der Waals surface area contributed by atoms with Gasteiger partial charge in [0.15, 0.2) is 5.96 Å². The minimum atomic E-state index is 0.249. The summed E-state index contributed by atoms with van der Waals surface area (Å²) in [5, 5.41) is 4.14. The van der Waals surface area contributed by atoms with Gasteiger partial charge >= 0.3 is 0 Å². The molecule has 1 fully saturated rings. The highest BCUT2D eigenvalue weighted by molar-refractivity contribution is 8.00. The van der Waals surface area contributed by atoms with E-state index in [2.05, 4.69) is 46.0 Å². The van der Waals surface area contributed by atoms with E-state index < -0.39 is 0 Å². The van der Waals surface area contributed by atoms with Crippen molar-refractivity contribution in [3.8, 4) is 0 Å². The van der Waals surface area contributed by atoms with Crippen molar-refractivity contribution in [1.82, 2.24) is 15.1 Å². The number of fused-ring (bicyclic) bond motifs is 1. The zero-order valence-corrected chi connectivity index (χ0v) is 16.7. The first-order valence-corrected chi connectivity index (χ1v) is 10.7. The second-order valence-corrected chi connectivity index (χ2v) is 8.35. The Morgan fingerprint density at radius 1 is 1.27 bits per heavy atom. The molecule has 6 heteroatoms. The molecule has 0 spiro atoms. The van der Waals surface area contributed by atoms with Crippen molar-refractivity contribution >= 4 is 23.6 Å². The second-order valence-electron chi connectivity index (χ2n) is 6.94. The van der Waals surface area contributed by atoms with Gasteiger partial charge in [-0.3, -0.25) is 9.79 Å². The van der Waals surface area contributed by atoms with Gasteiger partial charge in [0.2, 0.25) is 5.91 Å². The standard InChI is InChI=1S/C20H30N4OS/c1-3-18-15-23(11-12-26-18)20(21-2)22-10-6-9-19(25)24-13-16-7-4-5-8-17(16)14-24/h4-5,7-8,18H,3,6,9-15H2,1-2H3,(H,21,22). The highest BCUT2D eigenvalue weighted by Crippen LogP contribution is 2.23. The van der Waals surface area contributed by atoms with Crippen molar-refractivity contribution in [2.24, 2.45) is 4.99 Å². The van der Waals surface area contributed by atoms with Gasteiger partial charge in [-0.1, -0.05) is 31.2 Å². The number of guanidine groups is 1. The van der Waals surface area contributed by atoms with Crippen LogP contribution in [0.3, 0.4) is 0 Å². The highest BCUT2D eigenvalue weighted by atomic mass is 32.2. The summed E-state index contributed by atoms with van der Waals surface area (Å²) in [6.45, 7) is 6.67. The van der Waals surface area contributed by atoms with Gasteiger partial charge in [-0.2, -0.15) is 11.8 Å². The quantitative estimate of drug-likeness (QED) is 0.489. The number of amides is 1. The van der Waals surface area contributed by atoms with E-state index in [1.807, 2.05) is 24.1 Å². The lowest BCUT2D eigenvalue weighted by Gasteiger charge is -2.34. The van der Waals surface area contributed by atoms with Gasteiger partial charge in [0.25, 0.3) is 0 Å². The zero-order valence-electron chi connectivity index (χ0n) is 15.9. The van der Waals surface area contributed by atoms with Gasteiger partial charge in [-0.05, 0) is 24.0 Å². The second kappa shape index (κ2) is 9.31. The van der Waals surface area contributed by atoms with E-state index in [4.69, 9.17) is 0 Å². The van der Waals surface area contributed by atoms with Crippen LogP contribution in [-0.4, -0.2) is 59.4 Å². The molecule has 1 aromatic rings. The van der Waals surface area contributed by atoms with Gasteiger partial charge in [-0.15, -0.1) is 0 Å². The molecule has 0 aromatic heterocycles. The Bertz CT molecular complexity index is 623. The molecule has 2 heterocycles. The van der Waals surface area contributed by atoms with Gasteiger partial charge in [-0.25, -0.2) is 0 Å². The fourth-order valence-corrected chi connectivity index (χ4v) is 4.78. The van der Waals surface area contributed by atoms with Crippen LogP contribution in [0.1, 0.15) is 37.3 Å². The molecule has 1 N–H and O–H groups in total. The molecule has 2 aliphatic heterocycles. The summed E-state index contributed by atoms with van der Waals surface area (Å²) in [5.74, 6) is 2.39. The van der Waals surface area contributed by atoms with Gasteiger partial charge in [0.1, 0.15) is 0 Å². The number of thioether (sulfide) groups is 1. The molecule has 1 saturated heterocycles. The summed E-state index contributed by atoms with van der Waals surface area (Å²) < 4.78 is 0. The number of aliphatic imine (C=N–C) groups is 1. The average Bonchev–Trinajstić information content (AvgIpc) is 3.12. The lowest BCUT2D eigenvalue weighted by atomic mass is 10.1. The number of hydrogen-bond donors (Lipinski definition) is 1. The van der Waals surface area contributed by atoms with Crippen LogP contribution in [0.15, 0.2) is 29.3 Å². The molecular weight excluding hydrogens is 344 g/mol. The van der Waals surface area contributed by atoms with E-state index in [0.29, 0.717) is 11.7 Å². The Kier molecular flexibility index (Phi) is 6.83. The molecule has 1 aromatic carbocycles. The molecule has 0 saturated carbocycles. The SMILES string of the molecule is CCC1CN(C(=NC)NCCCC(=O)N2Cc3ccccc3C2)CCS1. The van der Waals surface area contributed by atoms with Crippen LogP contribution in [-0.2, 0) is 17.9 Å². The maximum atomic E-state index is 12.5. The summed E-state index contributed by atoms with van der Waals surface area (Å²) in [4.78, 5) is 21.2. The van der Waals surface area contributed by atoms with Crippen LogP contribution in [0.5, 0.6) is 0 Å². The van der Waals surface area contributed by atoms with Crippen molar-refractivity contribution in [3.05, 3.63) is 35.4 Å². The molecule has 1 unspecified atom stereocenters. The van der Waals surface area contributed by atoms with E-state index in [9.17, 15) is 4.79 Å². The Balaban J connectivity index is 1.39. The number of hydrogen-bond acceptors (Lipinski definition) is 3. The number of benzene rings is 1. The van der Waals surface area contributed by atoms with Gasteiger partial charge < -0.3 is 15.1 Å². The van der Waals surface area contributed by atoms with Crippen molar-refractivity contribution in [3.63, 3.8) is 0 Å². The van der Waals surface area contributed by atoms with E-state index in [1.165, 1.54) is 17.5 Å². The van der Waals surface area contributed by atoms with Crippen LogP contribution < -0.4 is 5.32 Å². The number of nitrogens with zero attached hydrogens (tertiary/aromatic N) is 3. The number of carbonyl (C=O) groups is 1. The summed E-state index contributed by atoms with van der Waals surface area (Å²) in [7, 11) is 1.84. The molecule has 1 amide bonds. The highest BCUT2D eigenvalue weighted by Gasteiger charge is 2.23. The maximum absolute atomic E-state index is 12.5. The van der Waals surface area contributed by atoms with Crippen LogP contribution in [0.4, 0.5) is 0 Å². The first kappa shape index (κ1) is 19.1. The Hall–Kier alpha value is -1.69. The van der Waals surface area contributed by atoms with Crippen molar-refractivity contribution in [2.75, 3.05) is 32.4 Å². The lowest BCUT2D eigenvalue weighted by molar-refractivity contribution is -0.131. The van der Waals surface area contributed by atoms with Gasteiger partial charge in [0, 0.05) is 57.2 Å². The Morgan fingerprint density at radius 2 is 2.00 bits per heavy atom. The minimum Gasteiger partial charge on any atom is -0.356 e. The number of carbonyl (C=O) groups excluding carboxylic acids is 1. The normalized spacial score (nSPS) is 20.2. The van der Waals surface area contributed by atoms with E-state index in [-0.39, 0.29) is 5.91 Å². The lowest BCUT2D eigenvalue weighted by Crippen LogP contribution is -2.48. The molecular formula is C20H30N4OS. The van der Waals surface area contributed by atoms with Crippen LogP contribution in [0, 0.1) is 0 Å². The van der Waals surface area contributed by atoms with Crippen molar-refractivity contribution in [2.45, 2.75) is 44.5 Å². The van der Waals surface area contributed by atoms with Crippen LogP contribution in [0.2, 0.25) is 0 Å². The van der Waals surface area contributed by atoms with E-state index >= 15 is 0 Å². The summed E-state index contributed by atoms with van der Waals surface area (Å²) >= 11 is 2.06. The summed E-state index contributed by atoms with van der Waals surface area (Å²) in [5.41, 5.74) is 2.57. The van der Waals surface area contributed by atoms with Crippen molar-refractivity contribution in [1.29, 1.82) is 0 Å².